The van der Waals surface area contributed by atoms with Crippen molar-refractivity contribution >= 4 is 11.7 Å². The monoisotopic (exact) mass is 355 g/mol. The van der Waals surface area contributed by atoms with Crippen molar-refractivity contribution in [3.63, 3.8) is 0 Å². The summed E-state index contributed by atoms with van der Waals surface area (Å²) in [4.78, 5) is 24.2. The van der Waals surface area contributed by atoms with Gasteiger partial charge in [-0.2, -0.15) is 0 Å². The van der Waals surface area contributed by atoms with E-state index < -0.39 is 0 Å². The van der Waals surface area contributed by atoms with E-state index in [1.165, 1.54) is 0 Å². The van der Waals surface area contributed by atoms with Crippen LogP contribution < -0.4 is 11.1 Å². The summed E-state index contributed by atoms with van der Waals surface area (Å²) >= 11 is 0. The molecule has 1 aromatic carbocycles. The topological polar surface area (TPSA) is 103 Å². The molecule has 2 aromatic rings. The Hall–Kier alpha value is -2.54. The van der Waals surface area contributed by atoms with Gasteiger partial charge in [-0.25, -0.2) is 0 Å². The molecule has 1 aliphatic carbocycles. The molecule has 0 saturated heterocycles. The van der Waals surface area contributed by atoms with Crippen LogP contribution in [0.3, 0.4) is 0 Å². The molecule has 7 heteroatoms. The Morgan fingerprint density at radius 3 is 2.35 bits per heavy atom. The van der Waals surface area contributed by atoms with Gasteiger partial charge in [0.15, 0.2) is 5.78 Å². The average molecular weight is 355 g/mol. The first kappa shape index (κ1) is 18.3. The first-order valence-electron chi connectivity index (χ1n) is 9.13. The Bertz CT molecular complexity index is 719. The van der Waals surface area contributed by atoms with Gasteiger partial charge in [-0.3, -0.25) is 14.2 Å². The van der Waals surface area contributed by atoms with Crippen molar-refractivity contribution in [3.8, 4) is 5.69 Å². The Labute approximate surface area is 153 Å². The number of rotatable bonds is 7. The molecule has 1 saturated carbocycles. The van der Waals surface area contributed by atoms with Gasteiger partial charge >= 0.3 is 0 Å². The lowest BCUT2D eigenvalue weighted by Gasteiger charge is -2.28. The number of aromatic nitrogens is 3. The second kappa shape index (κ2) is 8.71. The minimum Gasteiger partial charge on any atom is -0.353 e. The van der Waals surface area contributed by atoms with E-state index in [-0.39, 0.29) is 17.7 Å². The number of ketones is 1. The molecule has 0 unspecified atom stereocenters. The molecule has 0 radical (unpaired) electrons. The van der Waals surface area contributed by atoms with Crippen molar-refractivity contribution in [1.29, 1.82) is 0 Å². The van der Waals surface area contributed by atoms with Crippen LogP contribution in [0.4, 0.5) is 0 Å². The van der Waals surface area contributed by atoms with Crippen LogP contribution in [-0.2, 0) is 4.79 Å². The maximum absolute atomic E-state index is 12.5. The maximum atomic E-state index is 12.5. The quantitative estimate of drug-likeness (QED) is 0.738. The fourth-order valence-electron chi connectivity index (χ4n) is 3.48. The SMILES string of the molecule is NCCC(=O)NC1CCC(CC(=O)c2ccc(-n3cnnc3)cc2)CC1. The second-order valence-corrected chi connectivity index (χ2v) is 6.87. The Morgan fingerprint density at radius 1 is 1.08 bits per heavy atom. The van der Waals surface area contributed by atoms with E-state index in [0.29, 0.717) is 25.3 Å². The zero-order valence-electron chi connectivity index (χ0n) is 14.8. The summed E-state index contributed by atoms with van der Waals surface area (Å²) in [7, 11) is 0. The number of Topliss-reactive ketones (excluding diaryl/α,β-unsaturated/α-hetero) is 1. The number of carbonyl (C=O) groups is 2. The molecule has 3 N–H and O–H groups in total. The lowest BCUT2D eigenvalue weighted by atomic mass is 9.82. The number of hydrogen-bond acceptors (Lipinski definition) is 5. The third-order valence-corrected chi connectivity index (χ3v) is 4.96. The average Bonchev–Trinajstić information content (AvgIpc) is 3.18. The number of benzene rings is 1. The van der Waals surface area contributed by atoms with Crippen molar-refractivity contribution in [2.45, 2.75) is 44.6 Å². The lowest BCUT2D eigenvalue weighted by molar-refractivity contribution is -0.121. The van der Waals surface area contributed by atoms with Crippen LogP contribution in [0.5, 0.6) is 0 Å². The molecule has 0 spiro atoms. The Kier molecular flexibility index (Phi) is 6.12. The highest BCUT2D eigenvalue weighted by atomic mass is 16.1. The van der Waals surface area contributed by atoms with Gasteiger partial charge < -0.3 is 11.1 Å². The van der Waals surface area contributed by atoms with E-state index >= 15 is 0 Å². The molecule has 0 bridgehead atoms. The standard InChI is InChI=1S/C19H25N5O2/c20-10-9-19(26)23-16-5-1-14(2-6-16)11-18(25)15-3-7-17(8-4-15)24-12-21-22-13-24/h3-4,7-8,12-14,16H,1-2,5-6,9-11,20H2,(H,23,26). The van der Waals surface area contributed by atoms with E-state index in [1.807, 2.05) is 24.3 Å². The summed E-state index contributed by atoms with van der Waals surface area (Å²) in [5.41, 5.74) is 7.06. The minimum atomic E-state index is 0.0280. The number of amides is 1. The first-order chi connectivity index (χ1) is 12.7. The van der Waals surface area contributed by atoms with E-state index in [4.69, 9.17) is 5.73 Å². The number of nitrogens with one attached hydrogen (secondary N) is 1. The second-order valence-electron chi connectivity index (χ2n) is 6.87. The number of carbonyl (C=O) groups excluding carboxylic acids is 2. The Balaban J connectivity index is 1.47. The van der Waals surface area contributed by atoms with Gasteiger partial charge in [-0.15, -0.1) is 10.2 Å². The van der Waals surface area contributed by atoms with Gasteiger partial charge in [-0.05, 0) is 55.9 Å². The van der Waals surface area contributed by atoms with Crippen molar-refractivity contribution in [3.05, 3.63) is 42.5 Å². The molecule has 3 rings (SSSR count). The number of nitrogens with zero attached hydrogens (tertiary/aromatic N) is 3. The number of nitrogens with two attached hydrogens (primary N) is 1. The van der Waals surface area contributed by atoms with Crippen molar-refractivity contribution in [2.24, 2.45) is 11.7 Å². The van der Waals surface area contributed by atoms with Crippen LogP contribution in [0.2, 0.25) is 0 Å². The summed E-state index contributed by atoms with van der Waals surface area (Å²) < 4.78 is 1.80. The van der Waals surface area contributed by atoms with Crippen LogP contribution >= 0.6 is 0 Å². The maximum Gasteiger partial charge on any atom is 0.221 e. The molecule has 1 aliphatic rings. The van der Waals surface area contributed by atoms with Gasteiger partial charge in [0.1, 0.15) is 12.7 Å². The molecule has 7 nitrogen and oxygen atoms in total. The van der Waals surface area contributed by atoms with Gasteiger partial charge in [0, 0.05) is 36.7 Å². The van der Waals surface area contributed by atoms with Crippen LogP contribution in [0.15, 0.2) is 36.9 Å². The van der Waals surface area contributed by atoms with E-state index in [1.54, 1.807) is 17.2 Å². The van der Waals surface area contributed by atoms with Crippen LogP contribution in [-0.4, -0.2) is 39.0 Å². The molecule has 1 aromatic heterocycles. The molecule has 1 fully saturated rings. The summed E-state index contributed by atoms with van der Waals surface area (Å²) in [5, 5.41) is 10.6. The molecule has 26 heavy (non-hydrogen) atoms. The van der Waals surface area contributed by atoms with Crippen molar-refractivity contribution in [2.75, 3.05) is 6.54 Å². The molecule has 1 amide bonds. The van der Waals surface area contributed by atoms with Gasteiger partial charge in [0.2, 0.25) is 5.91 Å². The normalized spacial score (nSPS) is 19.9. The fraction of sp³-hybridized carbons (Fsp3) is 0.474. The van der Waals surface area contributed by atoms with Crippen LogP contribution in [0.1, 0.15) is 48.9 Å². The third-order valence-electron chi connectivity index (χ3n) is 4.96. The Morgan fingerprint density at radius 2 is 1.73 bits per heavy atom. The van der Waals surface area contributed by atoms with Crippen LogP contribution in [0, 0.1) is 5.92 Å². The van der Waals surface area contributed by atoms with Gasteiger partial charge in [0.25, 0.3) is 0 Å². The minimum absolute atomic E-state index is 0.0280. The smallest absolute Gasteiger partial charge is 0.221 e. The third kappa shape index (κ3) is 4.76. The van der Waals surface area contributed by atoms with Crippen molar-refractivity contribution < 1.29 is 9.59 Å². The zero-order valence-corrected chi connectivity index (χ0v) is 14.8. The van der Waals surface area contributed by atoms with Gasteiger partial charge in [-0.1, -0.05) is 0 Å². The number of hydrogen-bond donors (Lipinski definition) is 2. The highest BCUT2D eigenvalue weighted by molar-refractivity contribution is 5.96. The van der Waals surface area contributed by atoms with E-state index in [9.17, 15) is 9.59 Å². The molecule has 0 aliphatic heterocycles. The molecular formula is C19H25N5O2. The highest BCUT2D eigenvalue weighted by Gasteiger charge is 2.24. The predicted octanol–water partition coefficient (Wildman–Crippen LogP) is 1.86. The molecule has 1 heterocycles. The first-order valence-corrected chi connectivity index (χ1v) is 9.13. The summed E-state index contributed by atoms with van der Waals surface area (Å²) in [6.07, 6.45) is 8.00. The highest BCUT2D eigenvalue weighted by Crippen LogP contribution is 2.28. The largest absolute Gasteiger partial charge is 0.353 e. The molecular weight excluding hydrogens is 330 g/mol. The lowest BCUT2D eigenvalue weighted by Crippen LogP contribution is -2.38. The predicted molar refractivity (Wildman–Crippen MR) is 97.9 cm³/mol. The molecule has 0 atom stereocenters. The fourth-order valence-corrected chi connectivity index (χ4v) is 3.48. The van der Waals surface area contributed by atoms with Crippen molar-refractivity contribution in [1.82, 2.24) is 20.1 Å². The summed E-state index contributed by atoms with van der Waals surface area (Å²) in [6, 6.07) is 7.75. The summed E-state index contributed by atoms with van der Waals surface area (Å²) in [6.45, 7) is 0.381. The van der Waals surface area contributed by atoms with E-state index in [2.05, 4.69) is 15.5 Å². The van der Waals surface area contributed by atoms with Crippen LogP contribution in [0.25, 0.3) is 5.69 Å². The zero-order chi connectivity index (χ0) is 18.4. The summed E-state index contributed by atoms with van der Waals surface area (Å²) in [5.74, 6) is 0.596. The molecule has 138 valence electrons. The van der Waals surface area contributed by atoms with Gasteiger partial charge in [0.05, 0.1) is 0 Å². The van der Waals surface area contributed by atoms with E-state index in [0.717, 1.165) is 36.9 Å².